The van der Waals surface area contributed by atoms with Crippen molar-refractivity contribution in [3.05, 3.63) is 35.9 Å². The Morgan fingerprint density at radius 1 is 1.38 bits per heavy atom. The Morgan fingerprint density at radius 3 is 2.75 bits per heavy atom. The predicted octanol–water partition coefficient (Wildman–Crippen LogP) is 2.64. The van der Waals surface area contributed by atoms with E-state index in [4.69, 9.17) is 0 Å². The Labute approximate surface area is 145 Å². The van der Waals surface area contributed by atoms with Gasteiger partial charge in [-0.3, -0.25) is 9.79 Å². The van der Waals surface area contributed by atoms with Gasteiger partial charge in [0.25, 0.3) is 0 Å². The smallest absolute Gasteiger partial charge is 0.307 e. The van der Waals surface area contributed by atoms with E-state index in [1.807, 2.05) is 0 Å². The van der Waals surface area contributed by atoms with Crippen molar-refractivity contribution in [2.75, 3.05) is 33.8 Å². The zero-order valence-electron chi connectivity index (χ0n) is 15.0. The molecule has 1 fully saturated rings. The predicted molar refractivity (Wildman–Crippen MR) is 97.1 cm³/mol. The molecule has 1 aromatic carbocycles. The Bertz CT molecular complexity index is 545. The van der Waals surface area contributed by atoms with Crippen molar-refractivity contribution in [3.8, 4) is 0 Å². The van der Waals surface area contributed by atoms with Gasteiger partial charge < -0.3 is 15.0 Å². The van der Waals surface area contributed by atoms with E-state index in [9.17, 15) is 4.79 Å². The average molecular weight is 331 g/mol. The van der Waals surface area contributed by atoms with Gasteiger partial charge in [0.05, 0.1) is 13.5 Å². The van der Waals surface area contributed by atoms with E-state index >= 15 is 0 Å². The number of carbonyl (C=O) groups is 1. The average Bonchev–Trinajstić information content (AvgIpc) is 2.65. The lowest BCUT2D eigenvalue weighted by Crippen LogP contribution is -2.48. The van der Waals surface area contributed by atoms with Crippen LogP contribution >= 0.6 is 0 Å². The van der Waals surface area contributed by atoms with E-state index in [0.29, 0.717) is 24.8 Å². The maximum Gasteiger partial charge on any atom is 0.307 e. The molecule has 0 radical (unpaired) electrons. The second-order valence-corrected chi connectivity index (χ2v) is 6.22. The Kier molecular flexibility index (Phi) is 7.09. The monoisotopic (exact) mass is 331 g/mol. The van der Waals surface area contributed by atoms with Crippen LogP contribution in [-0.4, -0.2) is 50.6 Å². The van der Waals surface area contributed by atoms with Crippen LogP contribution in [0.15, 0.2) is 35.3 Å². The topological polar surface area (TPSA) is 53.9 Å². The molecule has 5 nitrogen and oxygen atoms in total. The van der Waals surface area contributed by atoms with E-state index in [0.717, 1.165) is 31.9 Å². The first-order valence-electron chi connectivity index (χ1n) is 8.77. The molecule has 0 aliphatic carbocycles. The maximum absolute atomic E-state index is 11.2. The summed E-state index contributed by atoms with van der Waals surface area (Å²) < 4.78 is 4.68. The second kappa shape index (κ2) is 9.30. The summed E-state index contributed by atoms with van der Waals surface area (Å²) in [6.07, 6.45) is 2.63. The highest BCUT2D eigenvalue weighted by Crippen LogP contribution is 2.34. The summed E-state index contributed by atoms with van der Waals surface area (Å²) in [6.45, 7) is 4.79. The summed E-state index contributed by atoms with van der Waals surface area (Å²) in [4.78, 5) is 17.9. The van der Waals surface area contributed by atoms with Crippen molar-refractivity contribution in [3.63, 3.8) is 0 Å². The van der Waals surface area contributed by atoms with Crippen molar-refractivity contribution in [1.82, 2.24) is 10.2 Å². The van der Waals surface area contributed by atoms with Crippen LogP contribution in [0.3, 0.4) is 0 Å². The molecule has 1 aliphatic heterocycles. The first-order valence-corrected chi connectivity index (χ1v) is 8.77. The number of nitrogens with zero attached hydrogens (tertiary/aromatic N) is 2. The Morgan fingerprint density at radius 2 is 2.12 bits per heavy atom. The number of guanidine groups is 1. The van der Waals surface area contributed by atoms with Crippen LogP contribution in [0.2, 0.25) is 0 Å². The molecule has 24 heavy (non-hydrogen) atoms. The number of ether oxygens (including phenoxy) is 1. The van der Waals surface area contributed by atoms with Crippen molar-refractivity contribution in [2.45, 2.75) is 32.1 Å². The lowest BCUT2D eigenvalue weighted by atomic mass is 9.79. The molecule has 5 heteroatoms. The fraction of sp³-hybridized carbons (Fsp3) is 0.579. The van der Waals surface area contributed by atoms with Gasteiger partial charge in [-0.15, -0.1) is 0 Å². The molecule has 2 rings (SSSR count). The van der Waals surface area contributed by atoms with Gasteiger partial charge in [0.15, 0.2) is 5.96 Å². The minimum atomic E-state index is -0.202. The van der Waals surface area contributed by atoms with Crippen LogP contribution in [-0.2, 0) is 9.53 Å². The van der Waals surface area contributed by atoms with E-state index in [1.165, 1.54) is 12.7 Å². The van der Waals surface area contributed by atoms with Crippen molar-refractivity contribution < 1.29 is 9.53 Å². The first kappa shape index (κ1) is 18.3. The number of benzene rings is 1. The molecule has 0 spiro atoms. The van der Waals surface area contributed by atoms with Crippen LogP contribution in [0.1, 0.15) is 37.7 Å². The molecule has 1 aliphatic rings. The van der Waals surface area contributed by atoms with Crippen LogP contribution in [0.4, 0.5) is 0 Å². The zero-order chi connectivity index (χ0) is 17.4. The number of likely N-dealkylation sites (tertiary alicyclic amines) is 1. The van der Waals surface area contributed by atoms with E-state index in [1.54, 1.807) is 7.05 Å². The number of hydrogen-bond donors (Lipinski definition) is 1. The Hall–Kier alpha value is -2.04. The molecule has 1 heterocycles. The Balaban J connectivity index is 1.95. The summed E-state index contributed by atoms with van der Waals surface area (Å²) in [6, 6.07) is 10.8. The highest BCUT2D eigenvalue weighted by atomic mass is 16.5. The minimum Gasteiger partial charge on any atom is -0.469 e. The normalized spacial score (nSPS) is 21.5. The van der Waals surface area contributed by atoms with Gasteiger partial charge in [-0.05, 0) is 23.8 Å². The molecule has 2 unspecified atom stereocenters. The lowest BCUT2D eigenvalue weighted by molar-refractivity contribution is -0.140. The fourth-order valence-corrected chi connectivity index (χ4v) is 3.49. The standard InChI is InChI=1S/C19H29N3O2/c1-4-15-14-22(19(20-2)21-12-10-18(23)24-3)13-11-17(15)16-8-6-5-7-9-16/h5-9,15,17H,4,10-14H2,1-3H3,(H,20,21). The third-order valence-corrected chi connectivity index (χ3v) is 4.84. The molecule has 1 N–H and O–H groups in total. The van der Waals surface area contributed by atoms with Gasteiger partial charge in [-0.1, -0.05) is 43.7 Å². The van der Waals surface area contributed by atoms with Crippen molar-refractivity contribution in [2.24, 2.45) is 10.9 Å². The van der Waals surface area contributed by atoms with Crippen molar-refractivity contribution in [1.29, 1.82) is 0 Å². The molecule has 1 saturated heterocycles. The van der Waals surface area contributed by atoms with Gasteiger partial charge in [0.2, 0.25) is 0 Å². The molecule has 1 aromatic rings. The van der Waals surface area contributed by atoms with Crippen LogP contribution in [0, 0.1) is 5.92 Å². The molecule has 132 valence electrons. The zero-order valence-corrected chi connectivity index (χ0v) is 15.0. The number of aliphatic imine (C=N–C) groups is 1. The third kappa shape index (κ3) is 4.73. The number of piperidine rings is 1. The van der Waals surface area contributed by atoms with E-state index < -0.39 is 0 Å². The van der Waals surface area contributed by atoms with Gasteiger partial charge in [0.1, 0.15) is 0 Å². The summed E-state index contributed by atoms with van der Waals surface area (Å²) in [5.41, 5.74) is 1.44. The number of nitrogens with one attached hydrogen (secondary N) is 1. The minimum absolute atomic E-state index is 0.202. The number of methoxy groups -OCH3 is 1. The van der Waals surface area contributed by atoms with Gasteiger partial charge in [-0.25, -0.2) is 0 Å². The molecule has 0 amide bonds. The molecule has 2 atom stereocenters. The maximum atomic E-state index is 11.2. The molecular weight excluding hydrogens is 302 g/mol. The van der Waals surface area contributed by atoms with E-state index in [2.05, 4.69) is 57.2 Å². The number of esters is 1. The number of hydrogen-bond acceptors (Lipinski definition) is 3. The van der Waals surface area contributed by atoms with Crippen LogP contribution < -0.4 is 5.32 Å². The van der Waals surface area contributed by atoms with Crippen molar-refractivity contribution >= 4 is 11.9 Å². The molecule has 0 saturated carbocycles. The molecule has 0 bridgehead atoms. The van der Waals surface area contributed by atoms with Gasteiger partial charge in [-0.2, -0.15) is 0 Å². The SMILES string of the molecule is CCC1CN(C(=NC)NCCC(=O)OC)CCC1c1ccccc1. The molecule has 0 aromatic heterocycles. The third-order valence-electron chi connectivity index (χ3n) is 4.84. The van der Waals surface area contributed by atoms with Crippen LogP contribution in [0.25, 0.3) is 0 Å². The summed E-state index contributed by atoms with van der Waals surface area (Å²) in [5.74, 6) is 1.90. The van der Waals surface area contributed by atoms with Gasteiger partial charge in [0, 0.05) is 26.7 Å². The second-order valence-electron chi connectivity index (χ2n) is 6.22. The largest absolute Gasteiger partial charge is 0.469 e. The summed E-state index contributed by atoms with van der Waals surface area (Å²) >= 11 is 0. The summed E-state index contributed by atoms with van der Waals surface area (Å²) in [5, 5.41) is 3.28. The lowest BCUT2D eigenvalue weighted by Gasteiger charge is -2.40. The highest BCUT2D eigenvalue weighted by molar-refractivity contribution is 5.80. The van der Waals surface area contributed by atoms with E-state index in [-0.39, 0.29) is 5.97 Å². The summed E-state index contributed by atoms with van der Waals surface area (Å²) in [7, 11) is 3.21. The fourth-order valence-electron chi connectivity index (χ4n) is 3.49. The highest BCUT2D eigenvalue weighted by Gasteiger charge is 2.30. The van der Waals surface area contributed by atoms with Crippen LogP contribution in [0.5, 0.6) is 0 Å². The van der Waals surface area contributed by atoms with Gasteiger partial charge >= 0.3 is 5.97 Å². The number of carbonyl (C=O) groups excluding carboxylic acids is 1. The number of rotatable bonds is 5. The quantitative estimate of drug-likeness (QED) is 0.512. The molecular formula is C19H29N3O2. The first-order chi connectivity index (χ1) is 11.7.